The lowest BCUT2D eigenvalue weighted by Crippen LogP contribution is -2.31. The van der Waals surface area contributed by atoms with Crippen LogP contribution in [0.2, 0.25) is 10.0 Å². The Bertz CT molecular complexity index is 2350. The van der Waals surface area contributed by atoms with Gasteiger partial charge >= 0.3 is 0 Å². The summed E-state index contributed by atoms with van der Waals surface area (Å²) in [6.45, 7) is 3.79. The molecule has 1 N–H and O–H groups in total. The van der Waals surface area contributed by atoms with E-state index in [0.29, 0.717) is 56.5 Å². The molecule has 6 aromatic rings. The van der Waals surface area contributed by atoms with E-state index in [-0.39, 0.29) is 16.5 Å². The third-order valence-corrected chi connectivity index (χ3v) is 9.39. The molecule has 13 heteroatoms. The number of rotatable bonds is 11. The number of para-hydroxylation sites is 2. The zero-order valence-electron chi connectivity index (χ0n) is 28.2. The maximum Gasteiger partial charge on any atom is 0.287 e. The number of nitrogens with one attached hydrogen (secondary N) is 1. The van der Waals surface area contributed by atoms with E-state index >= 15 is 4.39 Å². The third-order valence-electron chi connectivity index (χ3n) is 8.85. The number of amides is 1. The maximum atomic E-state index is 15.5. The molecule has 2 aromatic heterocycles. The highest BCUT2D eigenvalue weighted by atomic mass is 35.5. The van der Waals surface area contributed by atoms with Crippen LogP contribution >= 0.6 is 23.2 Å². The zero-order chi connectivity index (χ0) is 36.2. The summed E-state index contributed by atoms with van der Waals surface area (Å²) < 4.78 is 34.5. The number of aromatic nitrogens is 3. The molecule has 0 saturated carbocycles. The SMILES string of the molecule is COc1cc2c(Oc3ccc(NC(=O)c4nc5ccccc5n(-c5ccc(Cl)cc5Cl)c4=O)cc3F)ccnc2cc1OCCCN1CCCCC1. The van der Waals surface area contributed by atoms with Crippen molar-refractivity contribution in [3.8, 4) is 28.7 Å². The molecule has 1 aliphatic rings. The van der Waals surface area contributed by atoms with Crippen LogP contribution in [0.1, 0.15) is 36.2 Å². The number of anilines is 1. The van der Waals surface area contributed by atoms with Gasteiger partial charge in [0.15, 0.2) is 28.8 Å². The Morgan fingerprint density at radius 1 is 0.904 bits per heavy atom. The van der Waals surface area contributed by atoms with Gasteiger partial charge in [-0.25, -0.2) is 9.37 Å². The summed E-state index contributed by atoms with van der Waals surface area (Å²) in [6.07, 6.45) is 6.25. The zero-order valence-corrected chi connectivity index (χ0v) is 29.7. The number of methoxy groups -OCH3 is 1. The molecular weight excluding hydrogens is 708 g/mol. The van der Waals surface area contributed by atoms with Gasteiger partial charge in [-0.3, -0.25) is 19.1 Å². The largest absolute Gasteiger partial charge is 0.493 e. The summed E-state index contributed by atoms with van der Waals surface area (Å²) in [7, 11) is 1.56. The number of hydrogen-bond donors (Lipinski definition) is 1. The first-order valence-electron chi connectivity index (χ1n) is 16.9. The van der Waals surface area contributed by atoms with Crippen molar-refractivity contribution in [1.82, 2.24) is 19.4 Å². The highest BCUT2D eigenvalue weighted by Crippen LogP contribution is 2.38. The standard InChI is InChI=1S/C39H34Cl2FN5O5/c1-50-35-22-26-30(23-36(35)51-19-7-18-46-16-5-2-6-17-46)43-15-14-33(26)52-34-13-11-25(21-28(34)42)44-38(48)37-39(49)47(31-12-10-24(40)20-27(31)41)32-9-4-3-8-29(32)45-37/h3-4,8-15,20-23H,2,5-7,16-19H2,1H3,(H,44,48). The highest BCUT2D eigenvalue weighted by Gasteiger charge is 2.21. The normalized spacial score (nSPS) is 13.3. The minimum absolute atomic E-state index is 0.0867. The molecule has 10 nitrogen and oxygen atoms in total. The van der Waals surface area contributed by atoms with Crippen molar-refractivity contribution < 1.29 is 23.4 Å². The summed E-state index contributed by atoms with van der Waals surface area (Å²) in [5.41, 5.74) is 0.685. The smallest absolute Gasteiger partial charge is 0.287 e. The van der Waals surface area contributed by atoms with Crippen molar-refractivity contribution in [2.45, 2.75) is 25.7 Å². The Morgan fingerprint density at radius 3 is 2.52 bits per heavy atom. The van der Waals surface area contributed by atoms with Gasteiger partial charge in [0.25, 0.3) is 11.5 Å². The molecule has 266 valence electrons. The Morgan fingerprint density at radius 2 is 1.73 bits per heavy atom. The van der Waals surface area contributed by atoms with Crippen LogP contribution in [0, 0.1) is 5.82 Å². The van der Waals surface area contributed by atoms with E-state index in [0.717, 1.165) is 32.1 Å². The second-order valence-corrected chi connectivity index (χ2v) is 13.2. The van der Waals surface area contributed by atoms with Gasteiger partial charge in [-0.15, -0.1) is 0 Å². The van der Waals surface area contributed by atoms with Gasteiger partial charge in [0.2, 0.25) is 0 Å². The van der Waals surface area contributed by atoms with Crippen LogP contribution in [-0.2, 0) is 0 Å². The molecule has 3 heterocycles. The molecule has 0 bridgehead atoms. The molecule has 52 heavy (non-hydrogen) atoms. The van der Waals surface area contributed by atoms with Gasteiger partial charge in [-0.05, 0) is 86.9 Å². The maximum absolute atomic E-state index is 15.5. The van der Waals surface area contributed by atoms with Crippen LogP contribution in [0.3, 0.4) is 0 Å². The molecule has 1 fully saturated rings. The number of carbonyl (C=O) groups excluding carboxylic acids is 1. The number of benzene rings is 4. The van der Waals surface area contributed by atoms with Crippen molar-refractivity contribution in [3.05, 3.63) is 117 Å². The van der Waals surface area contributed by atoms with Gasteiger partial charge in [-0.2, -0.15) is 0 Å². The van der Waals surface area contributed by atoms with E-state index in [1.54, 1.807) is 67.9 Å². The second kappa shape index (κ2) is 15.6. The average molecular weight is 743 g/mol. The lowest BCUT2D eigenvalue weighted by Gasteiger charge is -2.26. The first-order valence-corrected chi connectivity index (χ1v) is 17.6. The molecule has 0 radical (unpaired) electrons. The van der Waals surface area contributed by atoms with Crippen LogP contribution < -0.4 is 25.1 Å². The molecule has 1 aliphatic heterocycles. The molecule has 0 spiro atoms. The number of pyridine rings is 1. The fraction of sp³-hybridized carbons (Fsp3) is 0.231. The van der Waals surface area contributed by atoms with E-state index in [1.165, 1.54) is 42.0 Å². The summed E-state index contributed by atoms with van der Waals surface area (Å²) in [4.78, 5) is 38.4. The minimum Gasteiger partial charge on any atom is -0.493 e. The second-order valence-electron chi connectivity index (χ2n) is 12.3. The molecule has 7 rings (SSSR count). The first-order chi connectivity index (χ1) is 25.3. The van der Waals surface area contributed by atoms with Crippen molar-refractivity contribution in [2.75, 3.05) is 38.7 Å². The lowest BCUT2D eigenvalue weighted by atomic mass is 10.1. The predicted octanol–water partition coefficient (Wildman–Crippen LogP) is 8.69. The van der Waals surface area contributed by atoms with Crippen molar-refractivity contribution in [3.63, 3.8) is 0 Å². The van der Waals surface area contributed by atoms with E-state index < -0.39 is 23.0 Å². The predicted molar refractivity (Wildman–Crippen MR) is 200 cm³/mol. The average Bonchev–Trinajstić information content (AvgIpc) is 3.15. The molecule has 0 aliphatic carbocycles. The van der Waals surface area contributed by atoms with Gasteiger partial charge in [-0.1, -0.05) is 41.8 Å². The minimum atomic E-state index is -0.834. The molecule has 0 unspecified atom stereocenters. The summed E-state index contributed by atoms with van der Waals surface area (Å²) in [6, 6.07) is 20.6. The third kappa shape index (κ3) is 7.52. The topological polar surface area (TPSA) is 108 Å². The van der Waals surface area contributed by atoms with Crippen LogP contribution in [-0.4, -0.2) is 58.7 Å². The Kier molecular flexibility index (Phi) is 10.5. The Hall–Kier alpha value is -5.23. The number of hydrogen-bond acceptors (Lipinski definition) is 8. The van der Waals surface area contributed by atoms with Crippen LogP contribution in [0.15, 0.2) is 89.9 Å². The van der Waals surface area contributed by atoms with Crippen molar-refractivity contribution in [2.24, 2.45) is 0 Å². The van der Waals surface area contributed by atoms with E-state index in [1.807, 2.05) is 0 Å². The number of carbonyl (C=O) groups is 1. The van der Waals surface area contributed by atoms with E-state index in [4.69, 9.17) is 37.4 Å². The number of nitrogens with zero attached hydrogens (tertiary/aromatic N) is 4. The summed E-state index contributed by atoms with van der Waals surface area (Å²) in [5, 5.41) is 3.77. The van der Waals surface area contributed by atoms with Crippen molar-refractivity contribution >= 4 is 56.7 Å². The van der Waals surface area contributed by atoms with E-state index in [2.05, 4.69) is 20.2 Å². The molecular formula is C39H34Cl2FN5O5. The van der Waals surface area contributed by atoms with Gasteiger partial charge in [0.05, 0.1) is 41.0 Å². The molecule has 1 saturated heterocycles. The fourth-order valence-electron chi connectivity index (χ4n) is 6.29. The Labute approximate surface area is 308 Å². The molecule has 0 atom stereocenters. The molecule has 4 aromatic carbocycles. The first kappa shape index (κ1) is 35.2. The molecule has 1 amide bonds. The quantitative estimate of drug-likeness (QED) is 0.132. The van der Waals surface area contributed by atoms with Gasteiger partial charge < -0.3 is 24.4 Å². The number of fused-ring (bicyclic) bond motifs is 2. The monoisotopic (exact) mass is 741 g/mol. The Balaban J connectivity index is 1.09. The summed E-state index contributed by atoms with van der Waals surface area (Å²) in [5.74, 6) is -0.266. The van der Waals surface area contributed by atoms with E-state index in [9.17, 15) is 9.59 Å². The number of ether oxygens (including phenoxy) is 3. The van der Waals surface area contributed by atoms with Crippen LogP contribution in [0.5, 0.6) is 23.0 Å². The van der Waals surface area contributed by atoms with Gasteiger partial charge in [0.1, 0.15) is 5.75 Å². The lowest BCUT2D eigenvalue weighted by molar-refractivity contribution is 0.102. The number of halogens is 3. The number of piperidine rings is 1. The van der Waals surface area contributed by atoms with Crippen LogP contribution in [0.4, 0.5) is 10.1 Å². The van der Waals surface area contributed by atoms with Crippen LogP contribution in [0.25, 0.3) is 27.6 Å². The van der Waals surface area contributed by atoms with Gasteiger partial charge in [0, 0.05) is 41.0 Å². The fourth-order valence-corrected chi connectivity index (χ4v) is 6.79. The highest BCUT2D eigenvalue weighted by molar-refractivity contribution is 6.35. The summed E-state index contributed by atoms with van der Waals surface area (Å²) >= 11 is 12.5. The number of likely N-dealkylation sites (tertiary alicyclic amines) is 1. The van der Waals surface area contributed by atoms with Crippen molar-refractivity contribution in [1.29, 1.82) is 0 Å².